The first-order valence-electron chi connectivity index (χ1n) is 10.7. The number of hydrogen-bond acceptors (Lipinski definition) is 6. The van der Waals surface area contributed by atoms with E-state index in [1.807, 2.05) is 35.0 Å². The number of aromatic nitrogens is 4. The van der Waals surface area contributed by atoms with Crippen LogP contribution in [-0.4, -0.2) is 51.3 Å². The number of anilines is 1. The Hall–Kier alpha value is -3.33. The van der Waals surface area contributed by atoms with Gasteiger partial charge in [0.2, 0.25) is 5.82 Å². The van der Waals surface area contributed by atoms with Gasteiger partial charge in [0.25, 0.3) is 5.69 Å². The number of piperazine rings is 1. The van der Waals surface area contributed by atoms with E-state index in [-0.39, 0.29) is 16.7 Å². The number of nitro groups is 1. The third kappa shape index (κ3) is 4.72. The fraction of sp³-hybridized carbons (Fsp3) is 0.409. The van der Waals surface area contributed by atoms with Crippen LogP contribution in [0.5, 0.6) is 0 Å². The molecule has 9 nitrogen and oxygen atoms in total. The standard InChI is InChI=1S/C22H27N7O2/c1-17(2)21(22-23-24-25-28(22)16-18-6-4-3-5-7-18)27-14-12-26(13-15-27)19-8-10-20(11-9-19)29(30)31/h3-11,17,21H,12-16H2,1-2H3/p+1/t21-/m0/s1. The van der Waals surface area contributed by atoms with Crippen LogP contribution in [0.1, 0.15) is 31.3 Å². The van der Waals surface area contributed by atoms with Crippen molar-refractivity contribution in [3.05, 3.63) is 76.1 Å². The SMILES string of the molecule is CC(C)[C@@H](c1nnnn1Cc1ccccc1)[NH+]1CCN(c2ccc([N+](=O)[O-])cc2)CC1. The van der Waals surface area contributed by atoms with Gasteiger partial charge in [0.1, 0.15) is 0 Å². The second kappa shape index (κ2) is 9.22. The summed E-state index contributed by atoms with van der Waals surface area (Å²) in [7, 11) is 0. The highest BCUT2D eigenvalue weighted by molar-refractivity contribution is 5.51. The summed E-state index contributed by atoms with van der Waals surface area (Å²) in [5.74, 6) is 1.32. The number of tetrazole rings is 1. The molecule has 9 heteroatoms. The second-order valence-corrected chi connectivity index (χ2v) is 8.32. The van der Waals surface area contributed by atoms with Crippen molar-refractivity contribution in [1.29, 1.82) is 0 Å². The Bertz CT molecular complexity index is 996. The Morgan fingerprint density at radius 2 is 1.74 bits per heavy atom. The molecular formula is C22H28N7O2+. The lowest BCUT2D eigenvalue weighted by Crippen LogP contribution is -3.15. The summed E-state index contributed by atoms with van der Waals surface area (Å²) in [5.41, 5.74) is 2.33. The van der Waals surface area contributed by atoms with Gasteiger partial charge in [0.05, 0.1) is 37.6 Å². The maximum Gasteiger partial charge on any atom is 0.269 e. The van der Waals surface area contributed by atoms with E-state index < -0.39 is 0 Å². The first-order valence-corrected chi connectivity index (χ1v) is 10.7. The Balaban J connectivity index is 1.46. The summed E-state index contributed by atoms with van der Waals surface area (Å²) in [5, 5.41) is 23.6. The molecule has 1 aliphatic heterocycles. The van der Waals surface area contributed by atoms with Crippen molar-refractivity contribution < 1.29 is 9.82 Å². The predicted octanol–water partition coefficient (Wildman–Crippen LogP) is 1.73. The zero-order valence-corrected chi connectivity index (χ0v) is 17.9. The molecule has 4 rings (SSSR count). The fourth-order valence-electron chi connectivity index (χ4n) is 4.40. The van der Waals surface area contributed by atoms with E-state index in [4.69, 9.17) is 0 Å². The molecule has 0 aliphatic carbocycles. The van der Waals surface area contributed by atoms with E-state index in [0.29, 0.717) is 12.5 Å². The monoisotopic (exact) mass is 422 g/mol. The number of nitrogens with one attached hydrogen (secondary N) is 1. The van der Waals surface area contributed by atoms with Crippen molar-refractivity contribution in [2.75, 3.05) is 31.1 Å². The van der Waals surface area contributed by atoms with Crippen LogP contribution >= 0.6 is 0 Å². The van der Waals surface area contributed by atoms with E-state index in [0.717, 1.165) is 37.7 Å². The molecule has 31 heavy (non-hydrogen) atoms. The van der Waals surface area contributed by atoms with Crippen LogP contribution < -0.4 is 9.80 Å². The van der Waals surface area contributed by atoms with Crippen molar-refractivity contribution in [2.45, 2.75) is 26.4 Å². The van der Waals surface area contributed by atoms with Crippen LogP contribution in [-0.2, 0) is 6.54 Å². The number of nitrogens with zero attached hydrogens (tertiary/aromatic N) is 6. The molecule has 0 amide bonds. The van der Waals surface area contributed by atoms with Gasteiger partial charge in [0.15, 0.2) is 6.04 Å². The predicted molar refractivity (Wildman–Crippen MR) is 117 cm³/mol. The topological polar surface area (TPSA) is 94.4 Å². The zero-order valence-electron chi connectivity index (χ0n) is 17.9. The van der Waals surface area contributed by atoms with Gasteiger partial charge in [0, 0.05) is 23.7 Å². The molecular weight excluding hydrogens is 394 g/mol. The minimum absolute atomic E-state index is 0.123. The summed E-state index contributed by atoms with van der Waals surface area (Å²) >= 11 is 0. The largest absolute Gasteiger partial charge is 0.360 e. The summed E-state index contributed by atoms with van der Waals surface area (Å²) < 4.78 is 1.93. The van der Waals surface area contributed by atoms with Crippen LogP contribution in [0, 0.1) is 16.0 Å². The molecule has 1 aliphatic rings. The van der Waals surface area contributed by atoms with Crippen molar-refractivity contribution in [3.8, 4) is 0 Å². The Labute approximate surface area is 181 Å². The molecule has 2 aromatic carbocycles. The summed E-state index contributed by atoms with van der Waals surface area (Å²) in [6, 6.07) is 17.3. The van der Waals surface area contributed by atoms with Gasteiger partial charge in [-0.1, -0.05) is 44.2 Å². The molecule has 0 spiro atoms. The molecule has 0 unspecified atom stereocenters. The maximum absolute atomic E-state index is 10.9. The van der Waals surface area contributed by atoms with Crippen molar-refractivity contribution in [2.24, 2.45) is 5.92 Å². The zero-order chi connectivity index (χ0) is 21.8. The van der Waals surface area contributed by atoms with E-state index in [1.54, 1.807) is 12.1 Å². The molecule has 162 valence electrons. The van der Waals surface area contributed by atoms with Gasteiger partial charge in [-0.25, -0.2) is 4.68 Å². The summed E-state index contributed by atoms with van der Waals surface area (Å²) in [6.45, 7) is 8.79. The minimum Gasteiger partial charge on any atom is -0.360 e. The molecule has 1 atom stereocenters. The molecule has 0 bridgehead atoms. The Kier molecular flexibility index (Phi) is 6.22. The van der Waals surface area contributed by atoms with Gasteiger partial charge in [-0.05, 0) is 28.1 Å². The lowest BCUT2D eigenvalue weighted by molar-refractivity contribution is -0.937. The molecule has 1 N–H and O–H groups in total. The van der Waals surface area contributed by atoms with Gasteiger partial charge in [-0.3, -0.25) is 10.1 Å². The van der Waals surface area contributed by atoms with Crippen LogP contribution in [0.3, 0.4) is 0 Å². The molecule has 1 saturated heterocycles. The van der Waals surface area contributed by atoms with Gasteiger partial charge < -0.3 is 9.80 Å². The molecule has 3 aromatic rings. The number of hydrogen-bond donors (Lipinski definition) is 1. The first kappa shape index (κ1) is 20.9. The third-order valence-electron chi connectivity index (χ3n) is 5.95. The Morgan fingerprint density at radius 1 is 1.06 bits per heavy atom. The molecule has 2 heterocycles. The second-order valence-electron chi connectivity index (χ2n) is 8.32. The quantitative estimate of drug-likeness (QED) is 0.460. The van der Waals surface area contributed by atoms with E-state index >= 15 is 0 Å². The van der Waals surface area contributed by atoms with Gasteiger partial charge in [-0.15, -0.1) is 5.10 Å². The van der Waals surface area contributed by atoms with Crippen molar-refractivity contribution in [1.82, 2.24) is 20.2 Å². The molecule has 0 radical (unpaired) electrons. The number of benzene rings is 2. The molecule has 1 aromatic heterocycles. The lowest BCUT2D eigenvalue weighted by Gasteiger charge is -2.38. The Morgan fingerprint density at radius 3 is 2.35 bits per heavy atom. The van der Waals surface area contributed by atoms with Crippen molar-refractivity contribution >= 4 is 11.4 Å². The van der Waals surface area contributed by atoms with Crippen molar-refractivity contribution in [3.63, 3.8) is 0 Å². The summed E-state index contributed by atoms with van der Waals surface area (Å²) in [6.07, 6.45) is 0. The van der Waals surface area contributed by atoms with Crippen LogP contribution in [0.2, 0.25) is 0 Å². The molecule has 1 fully saturated rings. The highest BCUT2D eigenvalue weighted by Gasteiger charge is 2.35. The number of non-ortho nitro benzene ring substituents is 1. The number of nitro benzene ring substituents is 1. The smallest absolute Gasteiger partial charge is 0.269 e. The molecule has 0 saturated carbocycles. The van der Waals surface area contributed by atoms with Crippen LogP contribution in [0.4, 0.5) is 11.4 Å². The number of quaternary nitrogens is 1. The average molecular weight is 423 g/mol. The van der Waals surface area contributed by atoms with Gasteiger partial charge in [-0.2, -0.15) is 0 Å². The summed E-state index contributed by atoms with van der Waals surface area (Å²) in [4.78, 5) is 14.3. The van der Waals surface area contributed by atoms with E-state index in [2.05, 4.69) is 46.4 Å². The average Bonchev–Trinajstić information content (AvgIpc) is 3.22. The highest BCUT2D eigenvalue weighted by Crippen LogP contribution is 2.21. The normalized spacial score (nSPS) is 15.9. The third-order valence-corrected chi connectivity index (χ3v) is 5.95. The van der Waals surface area contributed by atoms with Gasteiger partial charge >= 0.3 is 0 Å². The van der Waals surface area contributed by atoms with Crippen LogP contribution in [0.15, 0.2) is 54.6 Å². The lowest BCUT2D eigenvalue weighted by atomic mass is 10.0. The highest BCUT2D eigenvalue weighted by atomic mass is 16.6. The first-order chi connectivity index (χ1) is 15.0. The maximum atomic E-state index is 10.9. The van der Waals surface area contributed by atoms with E-state index in [1.165, 1.54) is 10.5 Å². The van der Waals surface area contributed by atoms with E-state index in [9.17, 15) is 10.1 Å². The fourth-order valence-corrected chi connectivity index (χ4v) is 4.40. The number of rotatable bonds is 7. The van der Waals surface area contributed by atoms with Crippen LogP contribution in [0.25, 0.3) is 0 Å². The minimum atomic E-state index is -0.362.